The molecule has 1 heterocycles. The summed E-state index contributed by atoms with van der Waals surface area (Å²) in [6, 6.07) is 26.1. The van der Waals surface area contributed by atoms with Gasteiger partial charge in [-0.25, -0.2) is 0 Å². The number of nitrogens with zero attached hydrogens (tertiary/aromatic N) is 1. The van der Waals surface area contributed by atoms with Crippen LogP contribution in [-0.4, -0.2) is 37.0 Å². The zero-order valence-corrected chi connectivity index (χ0v) is 17.9. The van der Waals surface area contributed by atoms with Crippen molar-refractivity contribution in [3.8, 4) is 16.9 Å². The van der Waals surface area contributed by atoms with Crippen LogP contribution in [-0.2, 0) is 6.61 Å². The fourth-order valence-electron chi connectivity index (χ4n) is 3.91. The van der Waals surface area contributed by atoms with Crippen LogP contribution in [0.15, 0.2) is 78.9 Å². The monoisotopic (exact) mass is 414 g/mol. The Morgan fingerprint density at radius 3 is 2.19 bits per heavy atom. The van der Waals surface area contributed by atoms with E-state index in [1.54, 1.807) is 0 Å². The van der Waals surface area contributed by atoms with Gasteiger partial charge in [0.05, 0.1) is 0 Å². The predicted octanol–water partition coefficient (Wildman–Crippen LogP) is 5.15. The van der Waals surface area contributed by atoms with E-state index in [1.165, 1.54) is 30.4 Å². The van der Waals surface area contributed by atoms with Crippen molar-refractivity contribution in [1.82, 2.24) is 10.2 Å². The van der Waals surface area contributed by atoms with Gasteiger partial charge in [0, 0.05) is 18.7 Å². The van der Waals surface area contributed by atoms with Crippen LogP contribution in [0.1, 0.15) is 35.2 Å². The van der Waals surface area contributed by atoms with Crippen molar-refractivity contribution in [2.45, 2.75) is 25.9 Å². The van der Waals surface area contributed by atoms with Crippen molar-refractivity contribution in [3.63, 3.8) is 0 Å². The number of carbonyl (C=O) groups is 1. The largest absolute Gasteiger partial charge is 0.489 e. The van der Waals surface area contributed by atoms with Gasteiger partial charge in [-0.3, -0.25) is 4.79 Å². The van der Waals surface area contributed by atoms with Gasteiger partial charge in [0.15, 0.2) is 0 Å². The fourth-order valence-corrected chi connectivity index (χ4v) is 3.91. The van der Waals surface area contributed by atoms with E-state index in [0.29, 0.717) is 18.7 Å². The SMILES string of the molecule is O=C(NCCN1CCCCC1)c1ccc(OCc2ccc(-c3ccccc3)cc2)cc1. The third-order valence-corrected chi connectivity index (χ3v) is 5.75. The Morgan fingerprint density at radius 1 is 0.806 bits per heavy atom. The average Bonchev–Trinajstić information content (AvgIpc) is 2.84. The van der Waals surface area contributed by atoms with Crippen molar-refractivity contribution in [2.75, 3.05) is 26.2 Å². The smallest absolute Gasteiger partial charge is 0.251 e. The minimum atomic E-state index is -0.0277. The van der Waals surface area contributed by atoms with Crippen molar-refractivity contribution < 1.29 is 9.53 Å². The molecule has 1 aliphatic rings. The lowest BCUT2D eigenvalue weighted by Crippen LogP contribution is -2.37. The molecule has 31 heavy (non-hydrogen) atoms. The van der Waals surface area contributed by atoms with E-state index in [1.807, 2.05) is 42.5 Å². The van der Waals surface area contributed by atoms with Gasteiger partial charge in [0.1, 0.15) is 12.4 Å². The highest BCUT2D eigenvalue weighted by Crippen LogP contribution is 2.20. The fraction of sp³-hybridized carbons (Fsp3) is 0.296. The maximum absolute atomic E-state index is 12.4. The molecular weight excluding hydrogens is 384 g/mol. The summed E-state index contributed by atoms with van der Waals surface area (Å²) < 4.78 is 5.89. The summed E-state index contributed by atoms with van der Waals surface area (Å²) in [6.45, 7) is 4.41. The van der Waals surface area contributed by atoms with Crippen LogP contribution in [0, 0.1) is 0 Å². The number of ether oxygens (including phenoxy) is 1. The van der Waals surface area contributed by atoms with Crippen LogP contribution in [0.5, 0.6) is 5.75 Å². The number of rotatable bonds is 8. The molecule has 1 aliphatic heterocycles. The van der Waals surface area contributed by atoms with E-state index in [0.717, 1.165) is 30.9 Å². The number of benzene rings is 3. The van der Waals surface area contributed by atoms with Crippen LogP contribution in [0.4, 0.5) is 0 Å². The molecule has 4 rings (SSSR count). The first-order valence-corrected chi connectivity index (χ1v) is 11.2. The second-order valence-corrected chi connectivity index (χ2v) is 8.03. The summed E-state index contributed by atoms with van der Waals surface area (Å²) in [5.74, 6) is 0.733. The molecule has 1 amide bonds. The van der Waals surface area contributed by atoms with Gasteiger partial charge in [-0.2, -0.15) is 0 Å². The summed E-state index contributed by atoms with van der Waals surface area (Å²) in [5.41, 5.74) is 4.18. The molecule has 0 bridgehead atoms. The molecule has 0 unspecified atom stereocenters. The highest BCUT2D eigenvalue weighted by molar-refractivity contribution is 5.94. The lowest BCUT2D eigenvalue weighted by Gasteiger charge is -2.26. The van der Waals surface area contributed by atoms with Crippen molar-refractivity contribution in [2.24, 2.45) is 0 Å². The Balaban J connectivity index is 1.23. The Hall–Kier alpha value is -3.11. The average molecular weight is 415 g/mol. The van der Waals surface area contributed by atoms with E-state index in [-0.39, 0.29) is 5.91 Å². The first-order chi connectivity index (χ1) is 15.3. The van der Waals surface area contributed by atoms with E-state index in [4.69, 9.17) is 4.74 Å². The molecule has 4 nitrogen and oxygen atoms in total. The summed E-state index contributed by atoms with van der Waals surface area (Å²) >= 11 is 0. The topological polar surface area (TPSA) is 41.6 Å². The summed E-state index contributed by atoms with van der Waals surface area (Å²) in [7, 11) is 0. The first-order valence-electron chi connectivity index (χ1n) is 11.2. The Labute approximate surface area is 184 Å². The number of hydrogen-bond donors (Lipinski definition) is 1. The maximum atomic E-state index is 12.4. The van der Waals surface area contributed by atoms with Gasteiger partial charge in [-0.05, 0) is 66.9 Å². The lowest BCUT2D eigenvalue weighted by atomic mass is 10.0. The minimum Gasteiger partial charge on any atom is -0.489 e. The van der Waals surface area contributed by atoms with Crippen molar-refractivity contribution in [3.05, 3.63) is 90.0 Å². The Morgan fingerprint density at radius 2 is 1.48 bits per heavy atom. The number of hydrogen-bond acceptors (Lipinski definition) is 3. The van der Waals surface area contributed by atoms with Crippen LogP contribution >= 0.6 is 0 Å². The number of piperidine rings is 1. The normalized spacial score (nSPS) is 14.2. The van der Waals surface area contributed by atoms with Gasteiger partial charge < -0.3 is 15.0 Å². The number of carbonyl (C=O) groups excluding carboxylic acids is 1. The molecule has 0 spiro atoms. The molecule has 160 valence electrons. The molecule has 0 saturated carbocycles. The molecule has 1 N–H and O–H groups in total. The Bertz CT molecular complexity index is 947. The van der Waals surface area contributed by atoms with Gasteiger partial charge in [-0.15, -0.1) is 0 Å². The zero-order valence-electron chi connectivity index (χ0n) is 17.9. The molecule has 3 aromatic rings. The van der Waals surface area contributed by atoms with Crippen molar-refractivity contribution >= 4 is 5.91 Å². The van der Waals surface area contributed by atoms with Crippen LogP contribution in [0.2, 0.25) is 0 Å². The Kier molecular flexibility index (Phi) is 7.35. The lowest BCUT2D eigenvalue weighted by molar-refractivity contribution is 0.0946. The highest BCUT2D eigenvalue weighted by Gasteiger charge is 2.11. The third-order valence-electron chi connectivity index (χ3n) is 5.75. The van der Waals surface area contributed by atoms with Crippen molar-refractivity contribution in [1.29, 1.82) is 0 Å². The number of likely N-dealkylation sites (tertiary alicyclic amines) is 1. The van der Waals surface area contributed by atoms with Gasteiger partial charge in [0.2, 0.25) is 0 Å². The van der Waals surface area contributed by atoms with E-state index >= 15 is 0 Å². The predicted molar refractivity (Wildman–Crippen MR) is 125 cm³/mol. The first kappa shape index (κ1) is 21.1. The van der Waals surface area contributed by atoms with Crippen LogP contribution in [0.3, 0.4) is 0 Å². The maximum Gasteiger partial charge on any atom is 0.251 e. The summed E-state index contributed by atoms with van der Waals surface area (Å²) in [5, 5.41) is 3.02. The summed E-state index contributed by atoms with van der Waals surface area (Å²) in [6.07, 6.45) is 3.87. The molecule has 0 aliphatic carbocycles. The van der Waals surface area contributed by atoms with E-state index in [9.17, 15) is 4.79 Å². The van der Waals surface area contributed by atoms with Gasteiger partial charge in [-0.1, -0.05) is 61.0 Å². The molecule has 4 heteroatoms. The standard InChI is InChI=1S/C27H30N2O2/c30-27(28-17-20-29-18-5-2-6-19-29)25-13-15-26(16-14-25)31-21-22-9-11-24(12-10-22)23-7-3-1-4-8-23/h1,3-4,7-16H,2,5-6,17-21H2,(H,28,30). The molecule has 1 saturated heterocycles. The highest BCUT2D eigenvalue weighted by atomic mass is 16.5. The van der Waals surface area contributed by atoms with Gasteiger partial charge in [0.25, 0.3) is 5.91 Å². The second-order valence-electron chi connectivity index (χ2n) is 8.03. The van der Waals surface area contributed by atoms with E-state index in [2.05, 4.69) is 46.6 Å². The quantitative estimate of drug-likeness (QED) is 0.554. The molecule has 0 aromatic heterocycles. The zero-order chi connectivity index (χ0) is 21.3. The van der Waals surface area contributed by atoms with Crippen LogP contribution in [0.25, 0.3) is 11.1 Å². The summed E-state index contributed by atoms with van der Waals surface area (Å²) in [4.78, 5) is 14.8. The van der Waals surface area contributed by atoms with E-state index < -0.39 is 0 Å². The van der Waals surface area contributed by atoms with Crippen LogP contribution < -0.4 is 10.1 Å². The molecular formula is C27H30N2O2. The second kappa shape index (κ2) is 10.8. The number of nitrogens with one attached hydrogen (secondary N) is 1. The molecule has 1 fully saturated rings. The molecule has 0 atom stereocenters. The third kappa shape index (κ3) is 6.19. The number of amides is 1. The minimum absolute atomic E-state index is 0.0277. The van der Waals surface area contributed by atoms with Gasteiger partial charge >= 0.3 is 0 Å². The molecule has 0 radical (unpaired) electrons. The molecule has 3 aromatic carbocycles.